The quantitative estimate of drug-likeness (QED) is 0.859. The maximum absolute atomic E-state index is 11.9. The topological polar surface area (TPSA) is 62.2 Å². The van der Waals surface area contributed by atoms with Crippen LogP contribution >= 0.6 is 11.3 Å². The zero-order valence-electron chi connectivity index (χ0n) is 11.4. The molecule has 0 saturated carbocycles. The second-order valence-corrected chi connectivity index (χ2v) is 5.42. The highest BCUT2D eigenvalue weighted by Crippen LogP contribution is 2.13. The van der Waals surface area contributed by atoms with Crippen molar-refractivity contribution in [2.45, 2.75) is 26.2 Å². The van der Waals surface area contributed by atoms with Gasteiger partial charge in [-0.15, -0.1) is 11.3 Å². The minimum atomic E-state index is -0.0622. The number of benzene rings is 1. The van der Waals surface area contributed by atoms with Crippen LogP contribution in [0.4, 0.5) is 5.69 Å². The molecule has 1 heterocycles. The van der Waals surface area contributed by atoms with Gasteiger partial charge in [-0.1, -0.05) is 19.1 Å². The molecule has 20 heavy (non-hydrogen) atoms. The van der Waals surface area contributed by atoms with Crippen LogP contribution in [-0.2, 0) is 24.1 Å². The lowest BCUT2D eigenvalue weighted by molar-refractivity contribution is -0.115. The summed E-state index contributed by atoms with van der Waals surface area (Å²) in [4.78, 5) is 16.3. The van der Waals surface area contributed by atoms with Gasteiger partial charge in [0.15, 0.2) is 0 Å². The number of aromatic nitrogens is 1. The number of aryl methyl sites for hydroxylation is 1. The Kier molecular flexibility index (Phi) is 5.26. The van der Waals surface area contributed by atoms with Gasteiger partial charge in [0.25, 0.3) is 0 Å². The Morgan fingerprint density at radius 1 is 1.35 bits per heavy atom. The molecule has 1 aromatic carbocycles. The van der Waals surface area contributed by atoms with E-state index in [0.717, 1.165) is 28.4 Å². The fourth-order valence-corrected chi connectivity index (χ4v) is 2.59. The fourth-order valence-electron chi connectivity index (χ4n) is 1.85. The van der Waals surface area contributed by atoms with E-state index in [-0.39, 0.29) is 12.5 Å². The van der Waals surface area contributed by atoms with Gasteiger partial charge in [-0.3, -0.25) is 4.79 Å². The molecule has 0 saturated heterocycles. The SMILES string of the molecule is CCc1nc(CC(=O)Nc2ccc(CCO)cc2)cs1. The lowest BCUT2D eigenvalue weighted by Gasteiger charge is -2.05. The van der Waals surface area contributed by atoms with Gasteiger partial charge in [0, 0.05) is 17.7 Å². The summed E-state index contributed by atoms with van der Waals surface area (Å²) in [6.07, 6.45) is 1.83. The number of carbonyl (C=O) groups is 1. The number of aliphatic hydroxyl groups excluding tert-OH is 1. The third-order valence-corrected chi connectivity index (χ3v) is 3.92. The number of thiazole rings is 1. The Hall–Kier alpha value is -1.72. The summed E-state index contributed by atoms with van der Waals surface area (Å²) in [5, 5.41) is 14.7. The van der Waals surface area contributed by atoms with Crippen molar-refractivity contribution >= 4 is 22.9 Å². The van der Waals surface area contributed by atoms with E-state index in [1.807, 2.05) is 29.6 Å². The van der Waals surface area contributed by atoms with E-state index in [1.165, 1.54) is 0 Å². The lowest BCUT2D eigenvalue weighted by atomic mass is 10.1. The number of hydrogen-bond donors (Lipinski definition) is 2. The van der Waals surface area contributed by atoms with Crippen LogP contribution in [-0.4, -0.2) is 22.6 Å². The standard InChI is InChI=1S/C15H18N2O2S/c1-2-15-17-13(10-20-15)9-14(19)16-12-5-3-11(4-6-12)7-8-18/h3-6,10,18H,2,7-9H2,1H3,(H,16,19). The first-order valence-corrected chi connectivity index (χ1v) is 7.52. The molecule has 0 atom stereocenters. The third kappa shape index (κ3) is 4.15. The van der Waals surface area contributed by atoms with Crippen LogP contribution in [0.3, 0.4) is 0 Å². The molecule has 0 aliphatic rings. The van der Waals surface area contributed by atoms with Crippen LogP contribution in [0.1, 0.15) is 23.2 Å². The number of rotatable bonds is 6. The van der Waals surface area contributed by atoms with E-state index >= 15 is 0 Å². The van der Waals surface area contributed by atoms with E-state index in [4.69, 9.17) is 5.11 Å². The van der Waals surface area contributed by atoms with Crippen molar-refractivity contribution in [2.24, 2.45) is 0 Å². The van der Waals surface area contributed by atoms with Gasteiger partial charge in [0.1, 0.15) is 0 Å². The third-order valence-electron chi connectivity index (χ3n) is 2.88. The molecule has 106 valence electrons. The highest BCUT2D eigenvalue weighted by molar-refractivity contribution is 7.09. The van der Waals surface area contributed by atoms with Crippen molar-refractivity contribution in [3.63, 3.8) is 0 Å². The fraction of sp³-hybridized carbons (Fsp3) is 0.333. The van der Waals surface area contributed by atoms with Crippen molar-refractivity contribution < 1.29 is 9.90 Å². The van der Waals surface area contributed by atoms with Gasteiger partial charge in [-0.2, -0.15) is 0 Å². The molecule has 4 nitrogen and oxygen atoms in total. The van der Waals surface area contributed by atoms with E-state index in [0.29, 0.717) is 12.8 Å². The number of nitrogens with one attached hydrogen (secondary N) is 1. The Bertz CT molecular complexity index is 564. The summed E-state index contributed by atoms with van der Waals surface area (Å²) in [5.41, 5.74) is 2.64. The number of carbonyl (C=O) groups excluding carboxylic acids is 1. The highest BCUT2D eigenvalue weighted by atomic mass is 32.1. The molecule has 2 N–H and O–H groups in total. The predicted molar refractivity (Wildman–Crippen MR) is 81.1 cm³/mol. The van der Waals surface area contributed by atoms with Crippen molar-refractivity contribution in [1.82, 2.24) is 4.98 Å². The summed E-state index contributed by atoms with van der Waals surface area (Å²) in [7, 11) is 0. The van der Waals surface area contributed by atoms with E-state index in [1.54, 1.807) is 11.3 Å². The zero-order chi connectivity index (χ0) is 14.4. The molecule has 2 rings (SSSR count). The lowest BCUT2D eigenvalue weighted by Crippen LogP contribution is -2.14. The van der Waals surface area contributed by atoms with Gasteiger partial charge >= 0.3 is 0 Å². The molecule has 2 aromatic rings. The zero-order valence-corrected chi connectivity index (χ0v) is 12.2. The van der Waals surface area contributed by atoms with E-state index in [2.05, 4.69) is 17.2 Å². The summed E-state index contributed by atoms with van der Waals surface area (Å²) in [5.74, 6) is -0.0622. The molecule has 1 aromatic heterocycles. The minimum Gasteiger partial charge on any atom is -0.396 e. The van der Waals surface area contributed by atoms with Crippen molar-refractivity contribution in [3.05, 3.63) is 45.9 Å². The number of hydrogen-bond acceptors (Lipinski definition) is 4. The van der Waals surface area contributed by atoms with Gasteiger partial charge in [0.2, 0.25) is 5.91 Å². The van der Waals surface area contributed by atoms with Crippen LogP contribution in [0.5, 0.6) is 0 Å². The molecule has 1 amide bonds. The molecule has 0 aliphatic heterocycles. The van der Waals surface area contributed by atoms with Crippen molar-refractivity contribution in [2.75, 3.05) is 11.9 Å². The Morgan fingerprint density at radius 2 is 2.10 bits per heavy atom. The first-order chi connectivity index (χ1) is 9.71. The maximum atomic E-state index is 11.9. The monoisotopic (exact) mass is 290 g/mol. The van der Waals surface area contributed by atoms with Gasteiger partial charge in [-0.05, 0) is 30.5 Å². The van der Waals surface area contributed by atoms with Gasteiger partial charge in [0.05, 0.1) is 17.1 Å². The summed E-state index contributed by atoms with van der Waals surface area (Å²) in [6, 6.07) is 7.51. The average Bonchev–Trinajstić information content (AvgIpc) is 2.89. The number of aliphatic hydroxyl groups is 1. The Labute approximate surface area is 122 Å². The molecular formula is C15H18N2O2S. The molecule has 0 bridgehead atoms. The van der Waals surface area contributed by atoms with E-state index < -0.39 is 0 Å². The molecular weight excluding hydrogens is 272 g/mol. The minimum absolute atomic E-state index is 0.0622. The molecule has 0 spiro atoms. The molecule has 5 heteroatoms. The second-order valence-electron chi connectivity index (χ2n) is 4.48. The number of anilines is 1. The predicted octanol–water partition coefficient (Wildman–Crippen LogP) is 2.42. The Balaban J connectivity index is 1.90. The first kappa shape index (κ1) is 14.7. The van der Waals surface area contributed by atoms with Crippen LogP contribution < -0.4 is 5.32 Å². The van der Waals surface area contributed by atoms with Gasteiger partial charge in [-0.25, -0.2) is 4.98 Å². The highest BCUT2D eigenvalue weighted by Gasteiger charge is 2.07. The summed E-state index contributed by atoms with van der Waals surface area (Å²) in [6.45, 7) is 2.19. The van der Waals surface area contributed by atoms with Crippen LogP contribution in [0.15, 0.2) is 29.6 Å². The first-order valence-electron chi connectivity index (χ1n) is 6.64. The van der Waals surface area contributed by atoms with Crippen LogP contribution in [0, 0.1) is 0 Å². The molecule has 0 fully saturated rings. The normalized spacial score (nSPS) is 10.5. The second kappa shape index (κ2) is 7.17. The van der Waals surface area contributed by atoms with Crippen LogP contribution in [0.2, 0.25) is 0 Å². The van der Waals surface area contributed by atoms with Crippen LogP contribution in [0.25, 0.3) is 0 Å². The van der Waals surface area contributed by atoms with E-state index in [9.17, 15) is 4.79 Å². The average molecular weight is 290 g/mol. The molecule has 0 unspecified atom stereocenters. The molecule has 0 aliphatic carbocycles. The van der Waals surface area contributed by atoms with Crippen molar-refractivity contribution in [3.8, 4) is 0 Å². The largest absolute Gasteiger partial charge is 0.396 e. The Morgan fingerprint density at radius 3 is 2.70 bits per heavy atom. The van der Waals surface area contributed by atoms with Crippen molar-refractivity contribution in [1.29, 1.82) is 0 Å². The van der Waals surface area contributed by atoms with Gasteiger partial charge < -0.3 is 10.4 Å². The number of amides is 1. The summed E-state index contributed by atoms with van der Waals surface area (Å²) < 4.78 is 0. The maximum Gasteiger partial charge on any atom is 0.230 e. The summed E-state index contributed by atoms with van der Waals surface area (Å²) >= 11 is 1.59. The molecule has 0 radical (unpaired) electrons. The smallest absolute Gasteiger partial charge is 0.230 e. The number of nitrogens with zero attached hydrogens (tertiary/aromatic N) is 1.